The maximum Gasteiger partial charge on any atom is 0.270 e. The third-order valence-electron chi connectivity index (χ3n) is 3.12. The zero-order valence-electron chi connectivity index (χ0n) is 13.1. The van der Waals surface area contributed by atoms with Crippen LogP contribution < -0.4 is 5.73 Å². The number of unbranched alkanes of at least 4 members (excludes halogenated alkanes) is 1. The molecule has 0 fully saturated rings. The number of benzene rings is 1. The van der Waals surface area contributed by atoms with E-state index in [4.69, 9.17) is 15.3 Å². The fourth-order valence-electron chi connectivity index (χ4n) is 1.91. The fraction of sp³-hybridized carbons (Fsp3) is 0.562. The van der Waals surface area contributed by atoms with Gasteiger partial charge < -0.3 is 15.3 Å². The number of oxime groups is 1. The summed E-state index contributed by atoms with van der Waals surface area (Å²) in [5, 5.41) is 4.08. The van der Waals surface area contributed by atoms with Crippen LogP contribution in [0.5, 0.6) is 0 Å². The van der Waals surface area contributed by atoms with E-state index in [0.717, 1.165) is 31.0 Å². The highest BCUT2D eigenvalue weighted by Crippen LogP contribution is 2.27. The predicted molar refractivity (Wildman–Crippen MR) is 83.3 cm³/mol. The Morgan fingerprint density at radius 3 is 2.41 bits per heavy atom. The van der Waals surface area contributed by atoms with E-state index in [1.807, 2.05) is 0 Å². The van der Waals surface area contributed by atoms with Gasteiger partial charge in [-0.15, -0.1) is 0 Å². The van der Waals surface area contributed by atoms with E-state index < -0.39 is 5.92 Å². The van der Waals surface area contributed by atoms with Crippen molar-refractivity contribution >= 4 is 5.71 Å². The molecule has 22 heavy (non-hydrogen) atoms. The van der Waals surface area contributed by atoms with E-state index in [9.17, 15) is 8.78 Å². The first-order valence-electron chi connectivity index (χ1n) is 7.35. The molecule has 0 spiro atoms. The Balaban J connectivity index is 2.78. The lowest BCUT2D eigenvalue weighted by Crippen LogP contribution is -2.10. The van der Waals surface area contributed by atoms with Gasteiger partial charge in [0.2, 0.25) is 0 Å². The monoisotopic (exact) mass is 314 g/mol. The number of rotatable bonds is 10. The summed E-state index contributed by atoms with van der Waals surface area (Å²) in [7, 11) is 1.66. The summed E-state index contributed by atoms with van der Waals surface area (Å²) >= 11 is 0. The van der Waals surface area contributed by atoms with Gasteiger partial charge in [-0.2, -0.15) is 0 Å². The highest BCUT2D eigenvalue weighted by atomic mass is 19.3. The van der Waals surface area contributed by atoms with Crippen LogP contribution in [-0.2, 0) is 15.5 Å². The van der Waals surface area contributed by atoms with Crippen LogP contribution in [0.1, 0.15) is 37.3 Å². The third kappa shape index (κ3) is 6.49. The average Bonchev–Trinajstić information content (AvgIpc) is 2.49. The van der Waals surface area contributed by atoms with E-state index in [1.54, 1.807) is 19.2 Å². The lowest BCUT2D eigenvalue weighted by Gasteiger charge is -2.12. The second-order valence-electron chi connectivity index (χ2n) is 5.08. The van der Waals surface area contributed by atoms with E-state index in [0.29, 0.717) is 26.2 Å². The molecule has 0 aliphatic heterocycles. The summed E-state index contributed by atoms with van der Waals surface area (Å²) in [6.07, 6.45) is 2.47. The third-order valence-corrected chi connectivity index (χ3v) is 3.12. The maximum absolute atomic E-state index is 13.2. The Kier molecular flexibility index (Phi) is 7.98. The highest BCUT2D eigenvalue weighted by Gasteiger charge is 2.23. The predicted octanol–water partition coefficient (Wildman–Crippen LogP) is 3.29. The van der Waals surface area contributed by atoms with E-state index >= 15 is 0 Å². The van der Waals surface area contributed by atoms with Crippen molar-refractivity contribution in [3.63, 3.8) is 0 Å². The highest BCUT2D eigenvalue weighted by molar-refractivity contribution is 6.00. The van der Waals surface area contributed by atoms with Crippen molar-refractivity contribution < 1.29 is 18.4 Å². The number of nitrogens with two attached hydrogens (primary N) is 1. The number of halogens is 2. The van der Waals surface area contributed by atoms with Gasteiger partial charge in [0.05, 0.1) is 5.71 Å². The summed E-state index contributed by atoms with van der Waals surface area (Å²) in [5.41, 5.74) is 6.86. The summed E-state index contributed by atoms with van der Waals surface area (Å²) in [4.78, 5) is 5.14. The largest absolute Gasteiger partial charge is 0.394 e. The van der Waals surface area contributed by atoms with Gasteiger partial charge in [0, 0.05) is 32.7 Å². The molecule has 0 saturated heterocycles. The quantitative estimate of drug-likeness (QED) is 0.409. The molecular formula is C16H24F2N2O2. The average molecular weight is 314 g/mol. The number of ether oxygens (including phenoxy) is 1. The first-order valence-corrected chi connectivity index (χ1v) is 7.35. The summed E-state index contributed by atoms with van der Waals surface area (Å²) in [6.45, 7) is 2.26. The van der Waals surface area contributed by atoms with Gasteiger partial charge in [-0.25, -0.2) is 8.78 Å². The Labute approximate surface area is 130 Å². The van der Waals surface area contributed by atoms with Gasteiger partial charge in [0.25, 0.3) is 5.92 Å². The van der Waals surface area contributed by atoms with Crippen molar-refractivity contribution in [2.75, 3.05) is 26.9 Å². The summed E-state index contributed by atoms with van der Waals surface area (Å²) in [6, 6.07) is 6.13. The van der Waals surface area contributed by atoms with Crippen LogP contribution in [0.4, 0.5) is 8.78 Å². The number of hydrogen-bond acceptors (Lipinski definition) is 4. The lowest BCUT2D eigenvalue weighted by atomic mass is 10.0. The minimum atomic E-state index is -2.84. The number of hydrogen-bond donors (Lipinski definition) is 1. The van der Waals surface area contributed by atoms with Crippen LogP contribution in [-0.4, -0.2) is 32.6 Å². The molecule has 0 aromatic heterocycles. The molecule has 0 heterocycles. The fourth-order valence-corrected chi connectivity index (χ4v) is 1.91. The summed E-state index contributed by atoms with van der Waals surface area (Å²) in [5.74, 6) is -2.84. The van der Waals surface area contributed by atoms with Gasteiger partial charge in [0.1, 0.15) is 6.61 Å². The Morgan fingerprint density at radius 1 is 1.18 bits per heavy atom. The van der Waals surface area contributed by atoms with Gasteiger partial charge >= 0.3 is 0 Å². The minimum absolute atomic E-state index is 0.0159. The zero-order valence-corrected chi connectivity index (χ0v) is 13.1. The van der Waals surface area contributed by atoms with Crippen LogP contribution in [0.25, 0.3) is 0 Å². The van der Waals surface area contributed by atoms with Crippen molar-refractivity contribution in [2.45, 2.75) is 32.1 Å². The molecule has 0 amide bonds. The molecule has 0 atom stereocenters. The Hall–Kier alpha value is -1.53. The number of alkyl halides is 2. The van der Waals surface area contributed by atoms with Crippen LogP contribution in [0, 0.1) is 0 Å². The zero-order chi connectivity index (χ0) is 16.4. The molecule has 0 saturated carbocycles. The molecule has 1 rings (SSSR count). The van der Waals surface area contributed by atoms with Gasteiger partial charge in [-0.1, -0.05) is 29.4 Å². The van der Waals surface area contributed by atoms with Crippen molar-refractivity contribution in [2.24, 2.45) is 10.9 Å². The van der Waals surface area contributed by atoms with E-state index in [1.165, 1.54) is 12.1 Å². The molecule has 1 aromatic carbocycles. The molecule has 0 radical (unpaired) electrons. The molecule has 6 heteroatoms. The summed E-state index contributed by atoms with van der Waals surface area (Å²) < 4.78 is 31.5. The van der Waals surface area contributed by atoms with Gasteiger partial charge in [-0.05, 0) is 24.8 Å². The minimum Gasteiger partial charge on any atom is -0.394 e. The molecule has 0 bridgehead atoms. The van der Waals surface area contributed by atoms with Gasteiger partial charge in [-0.3, -0.25) is 0 Å². The second-order valence-corrected chi connectivity index (χ2v) is 5.08. The van der Waals surface area contributed by atoms with Crippen LogP contribution >= 0.6 is 0 Å². The van der Waals surface area contributed by atoms with E-state index in [2.05, 4.69) is 5.16 Å². The standard InChI is InChI=1S/C16H24F2N2O2/c1-16(17,18)14-8-6-13(7-9-14)15(20-22-12-10-19)5-3-4-11-21-2/h6-9H,3-5,10-12,19H2,1-2H3/b20-15+. The van der Waals surface area contributed by atoms with Crippen molar-refractivity contribution in [3.8, 4) is 0 Å². The second kappa shape index (κ2) is 9.48. The van der Waals surface area contributed by atoms with Crippen molar-refractivity contribution in [3.05, 3.63) is 35.4 Å². The first kappa shape index (κ1) is 18.5. The van der Waals surface area contributed by atoms with Crippen molar-refractivity contribution in [1.29, 1.82) is 0 Å². The van der Waals surface area contributed by atoms with Crippen LogP contribution in [0.3, 0.4) is 0 Å². The van der Waals surface area contributed by atoms with Crippen LogP contribution in [0.2, 0.25) is 0 Å². The maximum atomic E-state index is 13.2. The lowest BCUT2D eigenvalue weighted by molar-refractivity contribution is 0.0175. The van der Waals surface area contributed by atoms with Crippen molar-refractivity contribution in [1.82, 2.24) is 0 Å². The topological polar surface area (TPSA) is 56.8 Å². The Morgan fingerprint density at radius 2 is 1.86 bits per heavy atom. The first-order chi connectivity index (χ1) is 10.5. The normalized spacial score (nSPS) is 12.5. The molecule has 2 N–H and O–H groups in total. The SMILES string of the molecule is COCCCC/C(=N\OCCN)c1ccc(C(C)(F)F)cc1. The van der Waals surface area contributed by atoms with E-state index in [-0.39, 0.29) is 5.56 Å². The Bertz CT molecular complexity index is 456. The molecule has 0 unspecified atom stereocenters. The molecule has 0 aliphatic rings. The van der Waals surface area contributed by atoms with Crippen LogP contribution in [0.15, 0.2) is 29.4 Å². The molecule has 1 aromatic rings. The number of methoxy groups -OCH3 is 1. The molecule has 0 aliphatic carbocycles. The molecule has 4 nitrogen and oxygen atoms in total. The smallest absolute Gasteiger partial charge is 0.270 e. The van der Waals surface area contributed by atoms with Gasteiger partial charge in [0.15, 0.2) is 0 Å². The molecule has 124 valence electrons. The molecular weight excluding hydrogens is 290 g/mol. The number of nitrogens with zero attached hydrogens (tertiary/aromatic N) is 1.